The third-order valence-electron chi connectivity index (χ3n) is 10.8. The second kappa shape index (κ2) is 8.63. The quantitative estimate of drug-likeness (QED) is 0.374. The van der Waals surface area contributed by atoms with E-state index in [4.69, 9.17) is 0 Å². The van der Waals surface area contributed by atoms with Gasteiger partial charge in [-0.25, -0.2) is 0 Å². The summed E-state index contributed by atoms with van der Waals surface area (Å²) in [7, 11) is 0. The summed E-state index contributed by atoms with van der Waals surface area (Å²) in [5, 5.41) is 34.6. The molecule has 178 valence electrons. The summed E-state index contributed by atoms with van der Waals surface area (Å²) in [6.07, 6.45) is 9.94. The Morgan fingerprint density at radius 1 is 0.968 bits per heavy atom. The topological polar surface area (TPSA) is 73.1 Å². The predicted molar refractivity (Wildman–Crippen MR) is 125 cm³/mol. The van der Waals surface area contributed by atoms with Gasteiger partial charge in [0.15, 0.2) is 0 Å². The molecule has 0 aromatic rings. The van der Waals surface area contributed by atoms with E-state index >= 15 is 0 Å². The summed E-state index contributed by atoms with van der Waals surface area (Å²) < 4.78 is 0. The standard InChI is InChI=1S/C27H47NO3/c1-16(2)7-6-8-17(3)19-9-10-20-18-13-23(28-31)22-14-24(29)25(30)15-27(22,5)21(18)11-12-26(19,20)4/h16-22,24-25,29-31H,6-15H2,1-5H3/b28-23+/t17-,18+,19-,20+,21+,22-,24+,25-,26-,27-/m1/s1. The molecule has 4 aliphatic rings. The van der Waals surface area contributed by atoms with Gasteiger partial charge >= 0.3 is 0 Å². The molecular formula is C27H47NO3. The molecule has 4 aliphatic carbocycles. The monoisotopic (exact) mass is 433 g/mol. The Hall–Kier alpha value is -0.610. The fourth-order valence-electron chi connectivity index (χ4n) is 9.23. The Morgan fingerprint density at radius 3 is 2.35 bits per heavy atom. The molecule has 0 aliphatic heterocycles. The van der Waals surface area contributed by atoms with Crippen LogP contribution in [0.4, 0.5) is 0 Å². The van der Waals surface area contributed by atoms with Crippen LogP contribution in [0.5, 0.6) is 0 Å². The van der Waals surface area contributed by atoms with Crippen LogP contribution in [0.25, 0.3) is 0 Å². The highest BCUT2D eigenvalue weighted by Crippen LogP contribution is 2.68. The smallest absolute Gasteiger partial charge is 0.0805 e. The zero-order valence-corrected chi connectivity index (χ0v) is 20.6. The van der Waals surface area contributed by atoms with Crippen molar-refractivity contribution >= 4 is 5.71 Å². The van der Waals surface area contributed by atoms with Crippen molar-refractivity contribution in [2.75, 3.05) is 0 Å². The fourth-order valence-corrected chi connectivity index (χ4v) is 9.23. The van der Waals surface area contributed by atoms with Crippen LogP contribution in [0.2, 0.25) is 0 Å². The lowest BCUT2D eigenvalue weighted by atomic mass is 9.43. The van der Waals surface area contributed by atoms with Crippen molar-refractivity contribution in [3.63, 3.8) is 0 Å². The van der Waals surface area contributed by atoms with E-state index in [2.05, 4.69) is 39.8 Å². The average Bonchev–Trinajstić information content (AvgIpc) is 3.06. The minimum atomic E-state index is -0.692. The Bertz CT molecular complexity index is 677. The number of fused-ring (bicyclic) bond motifs is 5. The number of aliphatic hydroxyl groups excluding tert-OH is 2. The summed E-state index contributed by atoms with van der Waals surface area (Å²) in [6, 6.07) is 0. The van der Waals surface area contributed by atoms with Gasteiger partial charge in [0, 0.05) is 5.92 Å². The van der Waals surface area contributed by atoms with Crippen molar-refractivity contribution in [2.45, 2.75) is 111 Å². The van der Waals surface area contributed by atoms with Crippen LogP contribution in [-0.2, 0) is 0 Å². The maximum atomic E-state index is 10.6. The zero-order valence-electron chi connectivity index (χ0n) is 20.6. The largest absolute Gasteiger partial charge is 0.411 e. The van der Waals surface area contributed by atoms with Gasteiger partial charge < -0.3 is 15.4 Å². The first-order chi connectivity index (χ1) is 14.6. The number of hydrogen-bond acceptors (Lipinski definition) is 4. The van der Waals surface area contributed by atoms with Crippen molar-refractivity contribution in [1.29, 1.82) is 0 Å². The highest BCUT2D eigenvalue weighted by atomic mass is 16.4. The van der Waals surface area contributed by atoms with Crippen LogP contribution in [0.15, 0.2) is 5.16 Å². The number of hydrogen-bond donors (Lipinski definition) is 3. The first-order valence-corrected chi connectivity index (χ1v) is 13.2. The summed E-state index contributed by atoms with van der Waals surface area (Å²) in [5.74, 6) is 4.32. The van der Waals surface area contributed by atoms with Crippen LogP contribution >= 0.6 is 0 Å². The van der Waals surface area contributed by atoms with Gasteiger partial charge in [-0.2, -0.15) is 0 Å². The van der Waals surface area contributed by atoms with Crippen LogP contribution in [-0.4, -0.2) is 33.3 Å². The third-order valence-corrected chi connectivity index (χ3v) is 10.8. The molecule has 0 amide bonds. The first-order valence-electron chi connectivity index (χ1n) is 13.2. The van der Waals surface area contributed by atoms with Crippen molar-refractivity contribution < 1.29 is 15.4 Å². The number of aliphatic hydroxyl groups is 2. The molecule has 4 fully saturated rings. The molecule has 0 radical (unpaired) electrons. The normalized spacial score (nSPS) is 49.5. The number of rotatable bonds is 5. The van der Waals surface area contributed by atoms with Crippen molar-refractivity contribution in [1.82, 2.24) is 0 Å². The van der Waals surface area contributed by atoms with E-state index in [1.807, 2.05) is 0 Å². The lowest BCUT2D eigenvalue weighted by Gasteiger charge is -2.61. The molecule has 4 saturated carbocycles. The van der Waals surface area contributed by atoms with E-state index in [1.54, 1.807) is 0 Å². The summed E-state index contributed by atoms with van der Waals surface area (Å²) >= 11 is 0. The van der Waals surface area contributed by atoms with Gasteiger partial charge in [-0.3, -0.25) is 0 Å². The van der Waals surface area contributed by atoms with Gasteiger partial charge in [-0.1, -0.05) is 59.0 Å². The van der Waals surface area contributed by atoms with Crippen LogP contribution < -0.4 is 0 Å². The molecule has 0 aromatic carbocycles. The second-order valence-electron chi connectivity index (χ2n) is 12.8. The van der Waals surface area contributed by atoms with Crippen LogP contribution in [0.1, 0.15) is 98.8 Å². The van der Waals surface area contributed by atoms with Gasteiger partial charge in [-0.05, 0) is 91.3 Å². The van der Waals surface area contributed by atoms with Crippen molar-refractivity contribution in [2.24, 2.45) is 57.4 Å². The highest BCUT2D eigenvalue weighted by Gasteiger charge is 2.63. The van der Waals surface area contributed by atoms with Gasteiger partial charge in [0.05, 0.1) is 17.9 Å². The highest BCUT2D eigenvalue weighted by molar-refractivity contribution is 5.88. The predicted octanol–water partition coefficient (Wildman–Crippen LogP) is 5.88. The van der Waals surface area contributed by atoms with E-state index in [9.17, 15) is 15.4 Å². The molecule has 0 bridgehead atoms. The van der Waals surface area contributed by atoms with E-state index in [1.165, 1.54) is 44.9 Å². The van der Waals surface area contributed by atoms with Gasteiger partial charge in [0.25, 0.3) is 0 Å². The number of oxime groups is 1. The summed E-state index contributed by atoms with van der Waals surface area (Å²) in [6.45, 7) is 12.1. The van der Waals surface area contributed by atoms with E-state index in [0.29, 0.717) is 36.0 Å². The molecule has 0 saturated heterocycles. The minimum Gasteiger partial charge on any atom is -0.411 e. The second-order valence-corrected chi connectivity index (χ2v) is 12.8. The van der Waals surface area contributed by atoms with Crippen molar-refractivity contribution in [3.8, 4) is 0 Å². The molecule has 0 aromatic heterocycles. The Balaban J connectivity index is 1.55. The molecule has 0 unspecified atom stereocenters. The molecule has 31 heavy (non-hydrogen) atoms. The molecule has 0 spiro atoms. The third kappa shape index (κ3) is 3.88. The molecule has 4 rings (SSSR count). The van der Waals surface area contributed by atoms with E-state index in [-0.39, 0.29) is 11.3 Å². The van der Waals surface area contributed by atoms with Crippen LogP contribution in [0, 0.1) is 52.3 Å². The lowest BCUT2D eigenvalue weighted by molar-refractivity contribution is -0.131. The molecule has 0 heterocycles. The average molecular weight is 434 g/mol. The maximum absolute atomic E-state index is 10.6. The Labute approximate surface area is 189 Å². The van der Waals surface area contributed by atoms with Gasteiger partial charge in [0.1, 0.15) is 0 Å². The number of nitrogens with zero attached hydrogens (tertiary/aromatic N) is 1. The zero-order chi connectivity index (χ0) is 22.6. The summed E-state index contributed by atoms with van der Waals surface area (Å²) in [5.41, 5.74) is 1.23. The van der Waals surface area contributed by atoms with E-state index in [0.717, 1.165) is 29.9 Å². The minimum absolute atomic E-state index is 0.0641. The maximum Gasteiger partial charge on any atom is 0.0805 e. The first kappa shape index (κ1) is 23.5. The van der Waals surface area contributed by atoms with E-state index < -0.39 is 12.2 Å². The molecule has 10 atom stereocenters. The van der Waals surface area contributed by atoms with Gasteiger partial charge in [0.2, 0.25) is 0 Å². The molecule has 4 nitrogen and oxygen atoms in total. The Morgan fingerprint density at radius 2 is 1.68 bits per heavy atom. The van der Waals surface area contributed by atoms with Crippen LogP contribution in [0.3, 0.4) is 0 Å². The fraction of sp³-hybridized carbons (Fsp3) is 0.963. The molecular weight excluding hydrogens is 386 g/mol. The SMILES string of the molecule is CC(C)CCC[C@@H](C)[C@H]1CC[C@H]2[C@@H]3C/C(=N\O)[C@H]4C[C@H](O)[C@H](O)C[C@]4(C)[C@H]3CC[C@]12C. The molecule has 4 heteroatoms. The summed E-state index contributed by atoms with van der Waals surface area (Å²) in [4.78, 5) is 0. The van der Waals surface area contributed by atoms with Gasteiger partial charge in [-0.15, -0.1) is 0 Å². The Kier molecular flexibility index (Phi) is 6.55. The lowest BCUT2D eigenvalue weighted by Crippen LogP contribution is -2.59. The molecule has 3 N–H and O–H groups in total. The van der Waals surface area contributed by atoms with Crippen molar-refractivity contribution in [3.05, 3.63) is 0 Å².